The summed E-state index contributed by atoms with van der Waals surface area (Å²) in [6, 6.07) is 0. The Hall–Kier alpha value is -1.39. The van der Waals surface area contributed by atoms with Gasteiger partial charge in [0.25, 0.3) is 0 Å². The fourth-order valence-corrected chi connectivity index (χ4v) is 3.92. The van der Waals surface area contributed by atoms with E-state index in [1.165, 1.54) is 11.1 Å². The number of epoxide rings is 1. The van der Waals surface area contributed by atoms with Crippen LogP contribution in [0.5, 0.6) is 0 Å². The molecule has 1 fully saturated rings. The second kappa shape index (κ2) is 3.02. The van der Waals surface area contributed by atoms with Crippen molar-refractivity contribution < 1.29 is 14.3 Å². The molecule has 1 saturated heterocycles. The quantitative estimate of drug-likeness (QED) is 0.530. The molecule has 0 saturated carbocycles. The van der Waals surface area contributed by atoms with E-state index < -0.39 is 5.72 Å². The highest BCUT2D eigenvalue weighted by Gasteiger charge is 2.67. The second-order valence-electron chi connectivity index (χ2n) is 6.16. The Morgan fingerprint density at radius 1 is 1.42 bits per heavy atom. The highest BCUT2D eigenvalue weighted by molar-refractivity contribution is 5.93. The third-order valence-electron chi connectivity index (χ3n) is 5.01. The summed E-state index contributed by atoms with van der Waals surface area (Å²) in [5, 5.41) is 0. The van der Waals surface area contributed by atoms with Gasteiger partial charge in [-0.15, -0.1) is 0 Å². The molecule has 4 aliphatic rings. The molecule has 0 amide bonds. The lowest BCUT2D eigenvalue weighted by molar-refractivity contribution is -0.147. The molecule has 0 radical (unpaired) electrons. The van der Waals surface area contributed by atoms with E-state index >= 15 is 0 Å². The van der Waals surface area contributed by atoms with Crippen molar-refractivity contribution in [3.05, 3.63) is 34.4 Å². The number of carbonyl (C=O) groups is 1. The lowest BCUT2D eigenvalue weighted by atomic mass is 9.83. The Morgan fingerprint density at radius 2 is 2.16 bits per heavy atom. The van der Waals surface area contributed by atoms with Gasteiger partial charge in [0.05, 0.1) is 0 Å². The van der Waals surface area contributed by atoms with Crippen LogP contribution in [-0.4, -0.2) is 23.4 Å². The third-order valence-corrected chi connectivity index (χ3v) is 5.01. The zero-order valence-corrected chi connectivity index (χ0v) is 11.3. The number of hydrogen-bond donors (Lipinski definition) is 1. The van der Waals surface area contributed by atoms with E-state index in [1.54, 1.807) is 6.92 Å². The van der Waals surface area contributed by atoms with E-state index in [9.17, 15) is 4.79 Å². The van der Waals surface area contributed by atoms with Crippen molar-refractivity contribution in [2.24, 2.45) is 11.7 Å². The van der Waals surface area contributed by atoms with Crippen LogP contribution in [-0.2, 0) is 14.3 Å². The molecular weight excluding hydrogens is 242 g/mol. The minimum atomic E-state index is -0.983. The Labute approximate surface area is 111 Å². The largest absolute Gasteiger partial charge is 0.436 e. The van der Waals surface area contributed by atoms with Crippen molar-refractivity contribution in [3.63, 3.8) is 0 Å². The first-order chi connectivity index (χ1) is 8.88. The zero-order chi connectivity index (χ0) is 13.6. The SMILES string of the molecule is CC1=CC2OC23C1=CC1=C(C)C(=O)OC1(N)CC3C. The van der Waals surface area contributed by atoms with Crippen molar-refractivity contribution in [2.45, 2.75) is 44.6 Å². The van der Waals surface area contributed by atoms with Gasteiger partial charge in [-0.2, -0.15) is 0 Å². The maximum absolute atomic E-state index is 11.8. The van der Waals surface area contributed by atoms with E-state index in [0.717, 1.165) is 5.57 Å². The van der Waals surface area contributed by atoms with Crippen molar-refractivity contribution in [3.8, 4) is 0 Å². The predicted molar refractivity (Wildman–Crippen MR) is 68.9 cm³/mol. The van der Waals surface area contributed by atoms with Gasteiger partial charge in [-0.25, -0.2) is 4.79 Å². The first-order valence-electron chi connectivity index (χ1n) is 6.71. The Kier molecular flexibility index (Phi) is 1.82. The van der Waals surface area contributed by atoms with Crippen LogP contribution in [0, 0.1) is 5.92 Å². The van der Waals surface area contributed by atoms with Crippen LogP contribution in [0.25, 0.3) is 0 Å². The van der Waals surface area contributed by atoms with Crippen LogP contribution in [0.2, 0.25) is 0 Å². The van der Waals surface area contributed by atoms with Crippen molar-refractivity contribution >= 4 is 5.97 Å². The average molecular weight is 259 g/mol. The minimum absolute atomic E-state index is 0.174. The number of nitrogens with two attached hydrogens (primary N) is 1. The molecule has 4 unspecified atom stereocenters. The summed E-state index contributed by atoms with van der Waals surface area (Å²) in [5.41, 5.74) is 8.98. The number of ether oxygens (including phenoxy) is 2. The summed E-state index contributed by atoms with van der Waals surface area (Å²) in [6.45, 7) is 6.00. The molecule has 19 heavy (non-hydrogen) atoms. The van der Waals surface area contributed by atoms with Gasteiger partial charge in [-0.1, -0.05) is 6.92 Å². The predicted octanol–water partition coefficient (Wildman–Crippen LogP) is 1.58. The third kappa shape index (κ3) is 1.15. The molecule has 0 bridgehead atoms. The number of rotatable bonds is 0. The summed E-state index contributed by atoms with van der Waals surface area (Å²) in [5.74, 6) is -0.0796. The van der Waals surface area contributed by atoms with Crippen LogP contribution in [0.1, 0.15) is 27.2 Å². The lowest BCUT2D eigenvalue weighted by Crippen LogP contribution is -2.44. The molecule has 0 aromatic heterocycles. The van der Waals surface area contributed by atoms with Crippen LogP contribution in [0.4, 0.5) is 0 Å². The summed E-state index contributed by atoms with van der Waals surface area (Å²) >= 11 is 0. The molecule has 2 aliphatic carbocycles. The molecule has 1 spiro atoms. The van der Waals surface area contributed by atoms with Gasteiger partial charge >= 0.3 is 5.97 Å². The first-order valence-corrected chi connectivity index (χ1v) is 6.71. The molecule has 2 aliphatic heterocycles. The van der Waals surface area contributed by atoms with Crippen LogP contribution in [0.15, 0.2) is 34.4 Å². The van der Waals surface area contributed by atoms with Gasteiger partial charge in [0, 0.05) is 17.6 Å². The fraction of sp³-hybridized carbons (Fsp3) is 0.533. The number of esters is 1. The van der Waals surface area contributed by atoms with E-state index in [0.29, 0.717) is 12.0 Å². The van der Waals surface area contributed by atoms with E-state index in [1.807, 2.05) is 6.08 Å². The van der Waals surface area contributed by atoms with Crippen LogP contribution < -0.4 is 5.73 Å². The van der Waals surface area contributed by atoms with E-state index in [4.69, 9.17) is 15.2 Å². The van der Waals surface area contributed by atoms with Gasteiger partial charge < -0.3 is 9.47 Å². The standard InChI is InChI=1S/C15H17NO3/c1-7-4-12-15(18-12)8(2)6-14(16)11(5-10(7)15)9(3)13(17)19-14/h4-5,8,12H,6,16H2,1-3H3. The molecule has 2 N–H and O–H groups in total. The summed E-state index contributed by atoms with van der Waals surface area (Å²) in [4.78, 5) is 11.8. The van der Waals surface area contributed by atoms with Crippen molar-refractivity contribution in [1.82, 2.24) is 0 Å². The van der Waals surface area contributed by atoms with Gasteiger partial charge in [-0.05, 0) is 43.1 Å². The minimum Gasteiger partial charge on any atom is -0.436 e. The lowest BCUT2D eigenvalue weighted by Gasteiger charge is -2.27. The first kappa shape index (κ1) is 11.4. The normalized spacial score (nSPS) is 46.8. The number of hydrogen-bond acceptors (Lipinski definition) is 4. The molecule has 100 valence electrons. The highest BCUT2D eigenvalue weighted by atomic mass is 16.6. The average Bonchev–Trinajstić information content (AvgIpc) is 2.92. The van der Waals surface area contributed by atoms with Crippen LogP contribution in [0.3, 0.4) is 0 Å². The summed E-state index contributed by atoms with van der Waals surface area (Å²) in [7, 11) is 0. The topological polar surface area (TPSA) is 64.8 Å². The van der Waals surface area contributed by atoms with Gasteiger partial charge in [0.15, 0.2) is 5.72 Å². The van der Waals surface area contributed by atoms with Gasteiger partial charge in [0.1, 0.15) is 11.7 Å². The second-order valence-corrected chi connectivity index (χ2v) is 6.16. The molecule has 4 atom stereocenters. The van der Waals surface area contributed by atoms with Crippen LogP contribution >= 0.6 is 0 Å². The summed E-state index contributed by atoms with van der Waals surface area (Å²) in [6.07, 6.45) is 4.97. The molecule has 0 aromatic carbocycles. The number of fused-ring (bicyclic) bond motifs is 1. The maximum Gasteiger partial charge on any atom is 0.336 e. The van der Waals surface area contributed by atoms with Gasteiger partial charge in [0.2, 0.25) is 0 Å². The monoisotopic (exact) mass is 259 g/mol. The molecule has 2 heterocycles. The van der Waals surface area contributed by atoms with Crippen molar-refractivity contribution in [2.75, 3.05) is 0 Å². The van der Waals surface area contributed by atoms with Gasteiger partial charge in [-0.3, -0.25) is 5.73 Å². The van der Waals surface area contributed by atoms with E-state index in [2.05, 4.69) is 19.9 Å². The fourth-order valence-electron chi connectivity index (χ4n) is 3.92. The Morgan fingerprint density at radius 3 is 2.89 bits per heavy atom. The molecular formula is C15H17NO3. The Bertz CT molecular complexity index is 615. The molecule has 4 rings (SSSR count). The molecule has 4 nitrogen and oxygen atoms in total. The summed E-state index contributed by atoms with van der Waals surface area (Å²) < 4.78 is 11.3. The maximum atomic E-state index is 11.8. The highest BCUT2D eigenvalue weighted by Crippen LogP contribution is 2.60. The van der Waals surface area contributed by atoms with E-state index in [-0.39, 0.29) is 23.6 Å². The van der Waals surface area contributed by atoms with Crippen molar-refractivity contribution in [1.29, 1.82) is 0 Å². The molecule has 4 heteroatoms. The smallest absolute Gasteiger partial charge is 0.336 e. The Balaban J connectivity index is 1.95. The molecule has 0 aromatic rings. The number of carbonyl (C=O) groups excluding carboxylic acids is 1. The zero-order valence-electron chi connectivity index (χ0n) is 11.3.